The number of hydrogen-bond acceptors (Lipinski definition) is 6. The molecule has 0 spiro atoms. The van der Waals surface area contributed by atoms with Gasteiger partial charge in [-0.05, 0) is 32.9 Å². The lowest BCUT2D eigenvalue weighted by molar-refractivity contribution is 0.0147. The first-order valence-corrected chi connectivity index (χ1v) is 9.84. The van der Waals surface area contributed by atoms with Gasteiger partial charge in [0.05, 0.1) is 12.7 Å². The van der Waals surface area contributed by atoms with Crippen LogP contribution in [0.5, 0.6) is 11.5 Å². The fourth-order valence-corrected chi connectivity index (χ4v) is 3.28. The summed E-state index contributed by atoms with van der Waals surface area (Å²) in [5.41, 5.74) is 0.718. The SMILES string of the molecule is COc1ccc2c(c1C#CCCN1CCN(C(=O)OC(C)(C)C)CC1)OCC2=O. The molecular formula is C22H28N2O5. The zero-order chi connectivity index (χ0) is 21.0. The van der Waals surface area contributed by atoms with E-state index in [2.05, 4.69) is 16.7 Å². The van der Waals surface area contributed by atoms with Gasteiger partial charge in [0.2, 0.25) is 5.78 Å². The van der Waals surface area contributed by atoms with E-state index in [1.54, 1.807) is 24.1 Å². The Balaban J connectivity index is 1.52. The van der Waals surface area contributed by atoms with E-state index in [1.807, 2.05) is 20.8 Å². The Morgan fingerprint density at radius 3 is 2.59 bits per heavy atom. The van der Waals surface area contributed by atoms with E-state index in [-0.39, 0.29) is 18.5 Å². The number of rotatable bonds is 3. The largest absolute Gasteiger partial charge is 0.495 e. The molecule has 1 aromatic carbocycles. The summed E-state index contributed by atoms with van der Waals surface area (Å²) < 4.78 is 16.3. The Hall–Kier alpha value is -2.72. The third-order valence-electron chi connectivity index (χ3n) is 4.78. The van der Waals surface area contributed by atoms with Crippen LogP contribution < -0.4 is 9.47 Å². The van der Waals surface area contributed by atoms with Gasteiger partial charge in [-0.25, -0.2) is 4.79 Å². The number of piperazine rings is 1. The van der Waals surface area contributed by atoms with Gasteiger partial charge in [0.15, 0.2) is 6.61 Å². The number of fused-ring (bicyclic) bond motifs is 1. The van der Waals surface area contributed by atoms with Gasteiger partial charge in [0.1, 0.15) is 22.7 Å². The summed E-state index contributed by atoms with van der Waals surface area (Å²) in [6.07, 6.45) is 0.421. The van der Waals surface area contributed by atoms with Crippen LogP contribution in [-0.2, 0) is 4.74 Å². The summed E-state index contributed by atoms with van der Waals surface area (Å²) in [4.78, 5) is 28.0. The number of hydrogen-bond donors (Lipinski definition) is 0. The second-order valence-electron chi connectivity index (χ2n) is 8.09. The molecule has 0 aliphatic carbocycles. The molecule has 0 N–H and O–H groups in total. The minimum Gasteiger partial charge on any atom is -0.495 e. The lowest BCUT2D eigenvalue weighted by atomic mass is 10.1. The molecule has 0 radical (unpaired) electrons. The third kappa shape index (κ3) is 5.21. The number of amides is 1. The van der Waals surface area contributed by atoms with Crippen molar-refractivity contribution in [1.29, 1.82) is 0 Å². The van der Waals surface area contributed by atoms with Crippen molar-refractivity contribution in [2.75, 3.05) is 46.4 Å². The van der Waals surface area contributed by atoms with Crippen molar-refractivity contribution in [3.05, 3.63) is 23.3 Å². The van der Waals surface area contributed by atoms with Crippen LogP contribution in [0.25, 0.3) is 0 Å². The molecular weight excluding hydrogens is 372 g/mol. The maximum Gasteiger partial charge on any atom is 0.410 e. The number of nitrogens with zero attached hydrogens (tertiary/aromatic N) is 2. The van der Waals surface area contributed by atoms with Gasteiger partial charge >= 0.3 is 6.09 Å². The minimum atomic E-state index is -0.475. The van der Waals surface area contributed by atoms with Gasteiger partial charge in [0, 0.05) is 39.1 Å². The van der Waals surface area contributed by atoms with Crippen LogP contribution in [0.3, 0.4) is 0 Å². The van der Waals surface area contributed by atoms with Crippen molar-refractivity contribution in [1.82, 2.24) is 9.80 Å². The number of methoxy groups -OCH3 is 1. The highest BCUT2D eigenvalue weighted by molar-refractivity contribution is 6.03. The highest BCUT2D eigenvalue weighted by Gasteiger charge is 2.26. The molecule has 0 atom stereocenters. The normalized spacial score (nSPS) is 16.6. The first kappa shape index (κ1) is 21.0. The summed E-state index contributed by atoms with van der Waals surface area (Å²) in [6, 6.07) is 3.48. The van der Waals surface area contributed by atoms with Gasteiger partial charge in [-0.3, -0.25) is 9.69 Å². The third-order valence-corrected chi connectivity index (χ3v) is 4.78. The van der Waals surface area contributed by atoms with E-state index < -0.39 is 5.60 Å². The van der Waals surface area contributed by atoms with E-state index in [0.29, 0.717) is 42.1 Å². The molecule has 156 valence electrons. The summed E-state index contributed by atoms with van der Waals surface area (Å²) >= 11 is 0. The Labute approximate surface area is 171 Å². The van der Waals surface area contributed by atoms with Crippen LogP contribution in [0.2, 0.25) is 0 Å². The number of Topliss-reactive ketones (excluding diaryl/α,β-unsaturated/α-hetero) is 1. The van der Waals surface area contributed by atoms with E-state index in [1.165, 1.54) is 0 Å². The quantitative estimate of drug-likeness (QED) is 0.727. The molecule has 2 aliphatic heterocycles. The number of ether oxygens (including phenoxy) is 3. The summed E-state index contributed by atoms with van der Waals surface area (Å²) in [5, 5.41) is 0. The maximum absolute atomic E-state index is 12.1. The van der Waals surface area contributed by atoms with E-state index in [9.17, 15) is 9.59 Å². The molecule has 2 aliphatic rings. The summed E-state index contributed by atoms with van der Waals surface area (Å²) in [5.74, 6) is 7.37. The van der Waals surface area contributed by atoms with Crippen molar-refractivity contribution < 1.29 is 23.8 Å². The minimum absolute atomic E-state index is 0.0337. The van der Waals surface area contributed by atoms with E-state index in [4.69, 9.17) is 14.2 Å². The van der Waals surface area contributed by atoms with Crippen molar-refractivity contribution in [2.45, 2.75) is 32.8 Å². The molecule has 0 aromatic heterocycles. The van der Waals surface area contributed by atoms with Crippen LogP contribution in [-0.4, -0.2) is 73.7 Å². The first-order chi connectivity index (χ1) is 13.8. The lowest BCUT2D eigenvalue weighted by Crippen LogP contribution is -2.50. The van der Waals surface area contributed by atoms with Crippen LogP contribution in [0, 0.1) is 11.8 Å². The Bertz CT molecular complexity index is 839. The molecule has 2 heterocycles. The topological polar surface area (TPSA) is 68.3 Å². The molecule has 29 heavy (non-hydrogen) atoms. The molecule has 1 saturated heterocycles. The molecule has 7 nitrogen and oxygen atoms in total. The zero-order valence-corrected chi connectivity index (χ0v) is 17.5. The van der Waals surface area contributed by atoms with Crippen LogP contribution in [0.1, 0.15) is 43.1 Å². The van der Waals surface area contributed by atoms with Crippen molar-refractivity contribution in [3.63, 3.8) is 0 Å². The fraction of sp³-hybridized carbons (Fsp3) is 0.545. The molecule has 7 heteroatoms. The molecule has 1 aromatic rings. The van der Waals surface area contributed by atoms with Gasteiger partial charge in [0.25, 0.3) is 0 Å². The van der Waals surface area contributed by atoms with E-state index >= 15 is 0 Å². The molecule has 0 unspecified atom stereocenters. The average molecular weight is 400 g/mol. The Kier molecular flexibility index (Phi) is 6.33. The molecule has 1 amide bonds. The zero-order valence-electron chi connectivity index (χ0n) is 17.5. The maximum atomic E-state index is 12.1. The summed E-state index contributed by atoms with van der Waals surface area (Å²) in [7, 11) is 1.58. The summed E-state index contributed by atoms with van der Waals surface area (Å²) in [6.45, 7) is 9.38. The van der Waals surface area contributed by atoms with Crippen molar-refractivity contribution >= 4 is 11.9 Å². The average Bonchev–Trinajstić information content (AvgIpc) is 3.05. The van der Waals surface area contributed by atoms with Crippen molar-refractivity contribution in [2.24, 2.45) is 0 Å². The smallest absolute Gasteiger partial charge is 0.410 e. The number of carbonyl (C=O) groups is 2. The lowest BCUT2D eigenvalue weighted by Gasteiger charge is -2.35. The second kappa shape index (κ2) is 8.75. The number of ketones is 1. The van der Waals surface area contributed by atoms with Gasteiger partial charge in [-0.15, -0.1) is 0 Å². The molecule has 0 saturated carbocycles. The molecule has 0 bridgehead atoms. The second-order valence-corrected chi connectivity index (χ2v) is 8.09. The van der Waals surface area contributed by atoms with Crippen molar-refractivity contribution in [3.8, 4) is 23.3 Å². The van der Waals surface area contributed by atoms with E-state index in [0.717, 1.165) is 19.6 Å². The fourth-order valence-electron chi connectivity index (χ4n) is 3.28. The van der Waals surface area contributed by atoms with Crippen LogP contribution >= 0.6 is 0 Å². The molecule has 1 fully saturated rings. The van der Waals surface area contributed by atoms with Gasteiger partial charge < -0.3 is 19.1 Å². The predicted octanol–water partition coefficient (Wildman–Crippen LogP) is 2.56. The number of carbonyl (C=O) groups excluding carboxylic acids is 2. The standard InChI is InChI=1S/C22H28N2O5/c1-22(2,3)29-21(26)24-13-11-23(12-14-24)10-6-5-7-17-19(27-4)9-8-16-18(25)15-28-20(16)17/h8-9H,6,10-15H2,1-4H3. The highest BCUT2D eigenvalue weighted by atomic mass is 16.6. The highest BCUT2D eigenvalue weighted by Crippen LogP contribution is 2.35. The Morgan fingerprint density at radius 1 is 1.21 bits per heavy atom. The van der Waals surface area contributed by atoms with Gasteiger partial charge in [-0.1, -0.05) is 11.8 Å². The number of benzene rings is 1. The first-order valence-electron chi connectivity index (χ1n) is 9.84. The molecule has 3 rings (SSSR count). The monoisotopic (exact) mass is 400 g/mol. The van der Waals surface area contributed by atoms with Crippen LogP contribution in [0.4, 0.5) is 4.79 Å². The van der Waals surface area contributed by atoms with Gasteiger partial charge in [-0.2, -0.15) is 0 Å². The Morgan fingerprint density at radius 2 is 1.93 bits per heavy atom. The predicted molar refractivity (Wildman–Crippen MR) is 109 cm³/mol. The van der Waals surface area contributed by atoms with Crippen LogP contribution in [0.15, 0.2) is 12.1 Å².